The molecule has 2 amide bonds. The Morgan fingerprint density at radius 1 is 1.24 bits per heavy atom. The second kappa shape index (κ2) is 7.76. The van der Waals surface area contributed by atoms with E-state index in [0.29, 0.717) is 11.7 Å². The number of anilines is 1. The molecule has 2 N–H and O–H groups in total. The van der Waals surface area contributed by atoms with Crippen molar-refractivity contribution < 1.29 is 13.9 Å². The summed E-state index contributed by atoms with van der Waals surface area (Å²) in [4.78, 5) is 16.4. The zero-order chi connectivity index (χ0) is 17.6. The van der Waals surface area contributed by atoms with Crippen molar-refractivity contribution in [2.24, 2.45) is 0 Å². The van der Waals surface area contributed by atoms with Crippen LogP contribution in [0.3, 0.4) is 0 Å². The molecule has 0 bridgehead atoms. The lowest BCUT2D eigenvalue weighted by molar-refractivity contribution is 0.251. The summed E-state index contributed by atoms with van der Waals surface area (Å²) in [6.45, 7) is 0.306. The summed E-state index contributed by atoms with van der Waals surface area (Å²) in [5, 5.41) is 7.76. The van der Waals surface area contributed by atoms with Gasteiger partial charge in [-0.1, -0.05) is 24.3 Å². The highest BCUT2D eigenvalue weighted by Crippen LogP contribution is 2.27. The number of hydrogen-bond donors (Lipinski definition) is 2. The average Bonchev–Trinajstić information content (AvgIpc) is 3.10. The first kappa shape index (κ1) is 16.9. The molecule has 3 rings (SSSR count). The third-order valence-electron chi connectivity index (χ3n) is 3.46. The number of hydrogen-bond acceptors (Lipinski definition) is 4. The summed E-state index contributed by atoms with van der Waals surface area (Å²) >= 11 is 1.34. The Morgan fingerprint density at radius 3 is 2.80 bits per heavy atom. The monoisotopic (exact) mass is 357 g/mol. The minimum absolute atomic E-state index is 0.305. The van der Waals surface area contributed by atoms with Crippen LogP contribution in [0.1, 0.15) is 5.56 Å². The van der Waals surface area contributed by atoms with Crippen molar-refractivity contribution in [3.63, 3.8) is 0 Å². The van der Waals surface area contributed by atoms with Crippen molar-refractivity contribution in [2.45, 2.75) is 6.54 Å². The summed E-state index contributed by atoms with van der Waals surface area (Å²) in [7, 11) is 1.61. The number of urea groups is 1. The SMILES string of the molecule is COc1cccc(-c2csc(NC(=O)NCc3ccc(F)cc3)n2)c1. The van der Waals surface area contributed by atoms with Crippen LogP contribution in [0.5, 0.6) is 5.75 Å². The number of nitrogens with zero attached hydrogens (tertiary/aromatic N) is 1. The number of carbonyl (C=O) groups excluding carboxylic acids is 1. The van der Waals surface area contributed by atoms with Gasteiger partial charge in [0.05, 0.1) is 12.8 Å². The van der Waals surface area contributed by atoms with Gasteiger partial charge < -0.3 is 10.1 Å². The van der Waals surface area contributed by atoms with E-state index in [0.717, 1.165) is 22.6 Å². The molecule has 25 heavy (non-hydrogen) atoms. The second-order valence-corrected chi connectivity index (χ2v) is 6.06. The van der Waals surface area contributed by atoms with E-state index in [9.17, 15) is 9.18 Å². The van der Waals surface area contributed by atoms with E-state index in [-0.39, 0.29) is 11.8 Å². The Labute approximate surface area is 148 Å². The topological polar surface area (TPSA) is 63.2 Å². The molecule has 0 saturated carbocycles. The second-order valence-electron chi connectivity index (χ2n) is 5.20. The molecular weight excluding hydrogens is 341 g/mol. The summed E-state index contributed by atoms with van der Waals surface area (Å²) in [6, 6.07) is 13.2. The molecule has 0 aliphatic rings. The highest BCUT2D eigenvalue weighted by atomic mass is 32.1. The first-order valence-electron chi connectivity index (χ1n) is 7.53. The van der Waals surface area contributed by atoms with Gasteiger partial charge in [0.2, 0.25) is 0 Å². The Kier molecular flexibility index (Phi) is 5.25. The molecule has 0 saturated heterocycles. The molecule has 0 fully saturated rings. The van der Waals surface area contributed by atoms with Crippen LogP contribution in [0, 0.1) is 5.82 Å². The van der Waals surface area contributed by atoms with Gasteiger partial charge in [0.1, 0.15) is 11.6 Å². The Bertz CT molecular complexity index is 865. The highest BCUT2D eigenvalue weighted by Gasteiger charge is 2.08. The van der Waals surface area contributed by atoms with Gasteiger partial charge in [-0.3, -0.25) is 5.32 Å². The summed E-state index contributed by atoms with van der Waals surface area (Å²) < 4.78 is 18.1. The molecule has 0 atom stereocenters. The first-order valence-corrected chi connectivity index (χ1v) is 8.41. The van der Waals surface area contributed by atoms with E-state index < -0.39 is 0 Å². The van der Waals surface area contributed by atoms with Crippen LogP contribution < -0.4 is 15.4 Å². The first-order chi connectivity index (χ1) is 12.1. The van der Waals surface area contributed by atoms with Gasteiger partial charge in [-0.15, -0.1) is 11.3 Å². The minimum Gasteiger partial charge on any atom is -0.497 e. The van der Waals surface area contributed by atoms with Crippen LogP contribution in [-0.2, 0) is 6.54 Å². The maximum Gasteiger partial charge on any atom is 0.321 e. The number of thiazole rings is 1. The van der Waals surface area contributed by atoms with Crippen LogP contribution in [-0.4, -0.2) is 18.1 Å². The number of rotatable bonds is 5. The maximum absolute atomic E-state index is 12.8. The van der Waals surface area contributed by atoms with Gasteiger partial charge in [-0.25, -0.2) is 14.2 Å². The van der Waals surface area contributed by atoms with Crippen LogP contribution in [0.4, 0.5) is 14.3 Å². The fraction of sp³-hybridized carbons (Fsp3) is 0.111. The predicted octanol–water partition coefficient (Wildman–Crippen LogP) is 4.28. The van der Waals surface area contributed by atoms with Crippen molar-refractivity contribution >= 4 is 22.5 Å². The smallest absolute Gasteiger partial charge is 0.321 e. The molecule has 1 aromatic heterocycles. The van der Waals surface area contributed by atoms with Gasteiger partial charge in [-0.05, 0) is 29.8 Å². The van der Waals surface area contributed by atoms with E-state index in [1.54, 1.807) is 19.2 Å². The summed E-state index contributed by atoms with van der Waals surface area (Å²) in [5.74, 6) is 0.443. The van der Waals surface area contributed by atoms with Crippen molar-refractivity contribution in [1.29, 1.82) is 0 Å². The van der Waals surface area contributed by atoms with Gasteiger partial charge in [0.25, 0.3) is 0 Å². The zero-order valence-corrected chi connectivity index (χ0v) is 14.3. The fourth-order valence-electron chi connectivity index (χ4n) is 2.17. The van der Waals surface area contributed by atoms with Gasteiger partial charge in [-0.2, -0.15) is 0 Å². The largest absolute Gasteiger partial charge is 0.497 e. The van der Waals surface area contributed by atoms with E-state index in [1.807, 2.05) is 29.6 Å². The van der Waals surface area contributed by atoms with Crippen molar-refractivity contribution in [3.8, 4) is 17.0 Å². The number of methoxy groups -OCH3 is 1. The Morgan fingerprint density at radius 2 is 2.04 bits per heavy atom. The summed E-state index contributed by atoms with van der Waals surface area (Å²) in [5.41, 5.74) is 2.49. The van der Waals surface area contributed by atoms with Crippen molar-refractivity contribution in [2.75, 3.05) is 12.4 Å². The number of amides is 2. The van der Waals surface area contributed by atoms with Crippen molar-refractivity contribution in [1.82, 2.24) is 10.3 Å². The highest BCUT2D eigenvalue weighted by molar-refractivity contribution is 7.14. The normalized spacial score (nSPS) is 10.3. The average molecular weight is 357 g/mol. The molecule has 0 radical (unpaired) electrons. The molecule has 0 aliphatic carbocycles. The van der Waals surface area contributed by atoms with E-state index in [2.05, 4.69) is 15.6 Å². The molecule has 5 nitrogen and oxygen atoms in total. The van der Waals surface area contributed by atoms with Gasteiger partial charge in [0, 0.05) is 17.5 Å². The Balaban J connectivity index is 1.58. The van der Waals surface area contributed by atoms with Crippen LogP contribution >= 0.6 is 11.3 Å². The molecule has 0 spiro atoms. The van der Waals surface area contributed by atoms with Crippen LogP contribution in [0.2, 0.25) is 0 Å². The molecule has 7 heteroatoms. The fourth-order valence-corrected chi connectivity index (χ4v) is 2.89. The van der Waals surface area contributed by atoms with E-state index >= 15 is 0 Å². The molecule has 2 aromatic carbocycles. The molecule has 128 valence electrons. The number of aromatic nitrogens is 1. The van der Waals surface area contributed by atoms with Crippen LogP contribution in [0.25, 0.3) is 11.3 Å². The van der Waals surface area contributed by atoms with Crippen LogP contribution in [0.15, 0.2) is 53.9 Å². The predicted molar refractivity (Wildman–Crippen MR) is 96.4 cm³/mol. The zero-order valence-electron chi connectivity index (χ0n) is 13.5. The van der Waals surface area contributed by atoms with Crippen molar-refractivity contribution in [3.05, 3.63) is 65.3 Å². The standard InChI is InChI=1S/C18H16FN3O2S/c1-24-15-4-2-3-13(9-15)16-11-25-18(21-16)22-17(23)20-10-12-5-7-14(19)8-6-12/h2-9,11H,10H2,1H3,(H2,20,21,22,23). The number of ether oxygens (including phenoxy) is 1. The number of nitrogens with one attached hydrogen (secondary N) is 2. The number of halogens is 1. The van der Waals surface area contributed by atoms with Gasteiger partial charge in [0.15, 0.2) is 5.13 Å². The lowest BCUT2D eigenvalue weighted by atomic mass is 10.2. The molecule has 1 heterocycles. The van der Waals surface area contributed by atoms with E-state index in [1.165, 1.54) is 23.5 Å². The number of benzene rings is 2. The minimum atomic E-state index is -0.365. The third kappa shape index (κ3) is 4.54. The van der Waals surface area contributed by atoms with Gasteiger partial charge >= 0.3 is 6.03 Å². The quantitative estimate of drug-likeness (QED) is 0.716. The molecular formula is C18H16FN3O2S. The maximum atomic E-state index is 12.8. The van der Waals surface area contributed by atoms with E-state index in [4.69, 9.17) is 4.74 Å². The third-order valence-corrected chi connectivity index (χ3v) is 4.21. The molecule has 0 aliphatic heterocycles. The summed E-state index contributed by atoms with van der Waals surface area (Å²) in [6.07, 6.45) is 0. The number of carbonyl (C=O) groups is 1. The lowest BCUT2D eigenvalue weighted by Crippen LogP contribution is -2.28. The molecule has 0 unspecified atom stereocenters. The Hall–Kier alpha value is -2.93. The molecule has 3 aromatic rings. The lowest BCUT2D eigenvalue weighted by Gasteiger charge is -2.05.